The van der Waals surface area contributed by atoms with E-state index in [2.05, 4.69) is 14.4 Å². The molecule has 0 spiro atoms. The number of ether oxygens (including phenoxy) is 3. The Bertz CT molecular complexity index is 238. The van der Waals surface area contributed by atoms with Crippen LogP contribution in [-0.2, 0) is 14.2 Å². The molecule has 2 aliphatic heterocycles. The summed E-state index contributed by atoms with van der Waals surface area (Å²) < 4.78 is 16.7. The average molecular weight is 214 g/mol. The second kappa shape index (κ2) is 3.79. The van der Waals surface area contributed by atoms with Gasteiger partial charge in [0.25, 0.3) is 0 Å². The van der Waals surface area contributed by atoms with Crippen molar-refractivity contribution in [1.29, 1.82) is 0 Å². The Labute approximate surface area is 89.6 Å². The fraction of sp³-hybridized carbons (Fsp3) is 0.778. The van der Waals surface area contributed by atoms with Crippen LogP contribution in [0.25, 0.3) is 0 Å². The van der Waals surface area contributed by atoms with Crippen LogP contribution in [-0.4, -0.2) is 50.3 Å². The molecule has 2 bridgehead atoms. The Kier molecular flexibility index (Phi) is 2.82. The third-order valence-corrected chi connectivity index (χ3v) is 4.52. The predicted octanol–water partition coefficient (Wildman–Crippen LogP) is 0.00510. The van der Waals surface area contributed by atoms with E-state index in [1.165, 1.54) is 6.26 Å². The molecule has 0 aromatic heterocycles. The van der Waals surface area contributed by atoms with Gasteiger partial charge in [-0.2, -0.15) is 0 Å². The highest BCUT2D eigenvalue weighted by Crippen LogP contribution is 2.48. The van der Waals surface area contributed by atoms with Gasteiger partial charge in [-0.15, -0.1) is 11.8 Å². The summed E-state index contributed by atoms with van der Waals surface area (Å²) in [5.41, 5.74) is -0.252. The lowest BCUT2D eigenvalue weighted by Gasteiger charge is -2.29. The Balaban J connectivity index is 2.17. The van der Waals surface area contributed by atoms with Gasteiger partial charge in [0.2, 0.25) is 0 Å². The molecule has 0 aromatic carbocycles. The van der Waals surface area contributed by atoms with Crippen molar-refractivity contribution in [3.8, 4) is 0 Å². The maximum atomic E-state index is 5.93. The van der Waals surface area contributed by atoms with E-state index in [1.807, 2.05) is 11.8 Å². The molecule has 0 aromatic rings. The van der Waals surface area contributed by atoms with Gasteiger partial charge in [0.15, 0.2) is 0 Å². The van der Waals surface area contributed by atoms with E-state index in [1.54, 1.807) is 7.11 Å². The highest BCUT2D eigenvalue weighted by atomic mass is 32.2. The first kappa shape index (κ1) is 10.4. The number of hydrogen-bond donors (Lipinski definition) is 0. The summed E-state index contributed by atoms with van der Waals surface area (Å²) in [4.78, 5) is 0. The minimum Gasteiger partial charge on any atom is -0.494 e. The molecular weight excluding hydrogens is 199 g/mol. The maximum Gasteiger partial charge on any atom is 0.143 e. The monoisotopic (exact) mass is 214 g/mol. The summed E-state index contributed by atoms with van der Waals surface area (Å²) in [6, 6.07) is 0.244. The second-order valence-electron chi connectivity index (χ2n) is 3.82. The molecule has 2 saturated heterocycles. The topological polar surface area (TPSA) is 27.7 Å². The minimum absolute atomic E-state index is 0.0972. The van der Waals surface area contributed by atoms with E-state index in [-0.39, 0.29) is 17.7 Å². The van der Waals surface area contributed by atoms with E-state index in [0.717, 1.165) is 5.75 Å². The summed E-state index contributed by atoms with van der Waals surface area (Å²) >= 11 is 1.91. The SMILES string of the molecule is BC1OC2(COC)CSC1C2OC=C. The molecular formula is C9H15BO3S. The van der Waals surface area contributed by atoms with Crippen LogP contribution in [0.2, 0.25) is 0 Å². The summed E-state index contributed by atoms with van der Waals surface area (Å²) in [7, 11) is 3.79. The molecule has 4 unspecified atom stereocenters. The number of fused-ring (bicyclic) bond motifs is 2. The van der Waals surface area contributed by atoms with Crippen molar-refractivity contribution in [2.75, 3.05) is 19.5 Å². The summed E-state index contributed by atoms with van der Waals surface area (Å²) in [6.07, 6.45) is 1.61. The van der Waals surface area contributed by atoms with Gasteiger partial charge in [0, 0.05) is 18.9 Å². The van der Waals surface area contributed by atoms with Gasteiger partial charge in [-0.05, 0) is 0 Å². The number of methoxy groups -OCH3 is 1. The Morgan fingerprint density at radius 1 is 1.79 bits per heavy atom. The van der Waals surface area contributed by atoms with Crippen molar-refractivity contribution in [3.05, 3.63) is 12.8 Å². The third-order valence-electron chi connectivity index (χ3n) is 2.85. The van der Waals surface area contributed by atoms with E-state index < -0.39 is 0 Å². The minimum atomic E-state index is -0.252. The first-order chi connectivity index (χ1) is 6.73. The normalized spacial score (nSPS) is 45.4. The van der Waals surface area contributed by atoms with Crippen LogP contribution in [0.3, 0.4) is 0 Å². The van der Waals surface area contributed by atoms with Crippen LogP contribution in [0, 0.1) is 0 Å². The standard InChI is InChI=1S/C9H15BO3S/c1-3-12-7-6-8(10)13-9(7,4-11-2)5-14-6/h3,6-8H,1,4-5,10H2,2H3. The Hall–Kier alpha value is -0.125. The van der Waals surface area contributed by atoms with Gasteiger partial charge in [-0.1, -0.05) is 6.58 Å². The zero-order valence-corrected chi connectivity index (χ0v) is 9.38. The van der Waals surface area contributed by atoms with E-state index in [4.69, 9.17) is 14.2 Å². The van der Waals surface area contributed by atoms with Gasteiger partial charge < -0.3 is 14.2 Å². The quantitative estimate of drug-likeness (QED) is 0.486. The molecule has 0 saturated carbocycles. The molecule has 2 heterocycles. The van der Waals surface area contributed by atoms with Crippen LogP contribution in [0.1, 0.15) is 0 Å². The van der Waals surface area contributed by atoms with E-state index >= 15 is 0 Å². The number of thioether (sulfide) groups is 1. The van der Waals surface area contributed by atoms with Crippen LogP contribution in [0.4, 0.5) is 0 Å². The van der Waals surface area contributed by atoms with Crippen LogP contribution in [0.15, 0.2) is 12.8 Å². The van der Waals surface area contributed by atoms with Gasteiger partial charge in [-0.25, -0.2) is 0 Å². The molecule has 0 amide bonds. The second-order valence-corrected chi connectivity index (χ2v) is 4.99. The molecule has 2 rings (SSSR count). The fourth-order valence-electron chi connectivity index (χ4n) is 2.33. The van der Waals surface area contributed by atoms with Crippen LogP contribution in [0.5, 0.6) is 0 Å². The molecule has 0 radical (unpaired) electrons. The fourth-order valence-corrected chi connectivity index (χ4v) is 3.94. The predicted molar refractivity (Wildman–Crippen MR) is 59.3 cm³/mol. The molecule has 0 N–H and O–H groups in total. The van der Waals surface area contributed by atoms with Crippen molar-refractivity contribution in [3.63, 3.8) is 0 Å². The van der Waals surface area contributed by atoms with Crippen LogP contribution < -0.4 is 0 Å². The maximum absolute atomic E-state index is 5.93. The third kappa shape index (κ3) is 1.38. The van der Waals surface area contributed by atoms with Crippen molar-refractivity contribution in [1.82, 2.24) is 0 Å². The van der Waals surface area contributed by atoms with E-state index in [0.29, 0.717) is 11.9 Å². The van der Waals surface area contributed by atoms with Gasteiger partial charge >= 0.3 is 0 Å². The molecule has 78 valence electrons. The Morgan fingerprint density at radius 2 is 2.57 bits per heavy atom. The van der Waals surface area contributed by atoms with Crippen molar-refractivity contribution < 1.29 is 14.2 Å². The molecule has 0 aliphatic carbocycles. The lowest BCUT2D eigenvalue weighted by atomic mass is 9.93. The molecule has 3 nitrogen and oxygen atoms in total. The largest absolute Gasteiger partial charge is 0.494 e. The molecule has 2 aliphatic rings. The highest BCUT2D eigenvalue weighted by molar-refractivity contribution is 8.00. The summed E-state index contributed by atoms with van der Waals surface area (Å²) in [6.45, 7) is 4.21. The molecule has 5 heteroatoms. The smallest absolute Gasteiger partial charge is 0.143 e. The van der Waals surface area contributed by atoms with Crippen molar-refractivity contribution >= 4 is 19.6 Å². The zero-order valence-electron chi connectivity index (χ0n) is 8.56. The van der Waals surface area contributed by atoms with E-state index in [9.17, 15) is 0 Å². The lowest BCUT2D eigenvalue weighted by molar-refractivity contribution is -0.0910. The molecule has 2 fully saturated rings. The summed E-state index contributed by atoms with van der Waals surface area (Å²) in [5.74, 6) is 0.953. The highest BCUT2D eigenvalue weighted by Gasteiger charge is 2.60. The van der Waals surface area contributed by atoms with Crippen molar-refractivity contribution in [2.45, 2.75) is 23.0 Å². The van der Waals surface area contributed by atoms with Gasteiger partial charge in [0.1, 0.15) is 19.6 Å². The average Bonchev–Trinajstić information content (AvgIpc) is 2.58. The number of rotatable bonds is 4. The van der Waals surface area contributed by atoms with Gasteiger partial charge in [0.05, 0.1) is 18.1 Å². The first-order valence-electron chi connectivity index (χ1n) is 4.78. The van der Waals surface area contributed by atoms with Gasteiger partial charge in [-0.3, -0.25) is 0 Å². The Morgan fingerprint density at radius 3 is 3.14 bits per heavy atom. The summed E-state index contributed by atoms with van der Waals surface area (Å²) in [5, 5.41) is 0.420. The van der Waals surface area contributed by atoms with Crippen molar-refractivity contribution in [2.24, 2.45) is 0 Å². The molecule has 4 atom stereocenters. The number of hydrogen-bond acceptors (Lipinski definition) is 4. The van der Waals surface area contributed by atoms with Crippen LogP contribution >= 0.6 is 11.8 Å². The first-order valence-corrected chi connectivity index (χ1v) is 5.83. The lowest BCUT2D eigenvalue weighted by Crippen LogP contribution is -2.45. The molecule has 14 heavy (non-hydrogen) atoms. The zero-order chi connectivity index (χ0) is 10.2.